The first-order valence-corrected chi connectivity index (χ1v) is 7.40. The van der Waals surface area contributed by atoms with Gasteiger partial charge in [-0.1, -0.05) is 30.3 Å². The van der Waals surface area contributed by atoms with E-state index in [1.807, 2.05) is 41.1 Å². The number of benzene rings is 1. The molecule has 0 bridgehead atoms. The number of hydrogen-bond donors (Lipinski definition) is 1. The molecule has 0 radical (unpaired) electrons. The van der Waals surface area contributed by atoms with Crippen molar-refractivity contribution in [2.75, 3.05) is 13.2 Å². The fourth-order valence-electron chi connectivity index (χ4n) is 2.97. The van der Waals surface area contributed by atoms with Crippen LogP contribution in [0, 0.1) is 0 Å². The van der Waals surface area contributed by atoms with Crippen LogP contribution in [0.15, 0.2) is 48.7 Å². The molecule has 1 aliphatic heterocycles. The lowest BCUT2D eigenvalue weighted by atomic mass is 10.2. The highest BCUT2D eigenvalue weighted by Gasteiger charge is 2.29. The molecule has 4 heteroatoms. The molecule has 110 valence electrons. The van der Waals surface area contributed by atoms with Crippen molar-refractivity contribution in [2.45, 2.75) is 25.4 Å². The van der Waals surface area contributed by atoms with E-state index in [4.69, 9.17) is 0 Å². The van der Waals surface area contributed by atoms with E-state index in [0.717, 1.165) is 19.4 Å². The zero-order chi connectivity index (χ0) is 14.7. The first-order chi connectivity index (χ1) is 10.3. The van der Waals surface area contributed by atoms with E-state index in [1.165, 1.54) is 5.56 Å². The van der Waals surface area contributed by atoms with Crippen LogP contribution in [-0.2, 0) is 6.54 Å². The molecule has 21 heavy (non-hydrogen) atoms. The van der Waals surface area contributed by atoms with Crippen LogP contribution in [0.4, 0.5) is 0 Å². The van der Waals surface area contributed by atoms with Crippen molar-refractivity contribution in [2.24, 2.45) is 0 Å². The van der Waals surface area contributed by atoms with Gasteiger partial charge in [0, 0.05) is 19.3 Å². The van der Waals surface area contributed by atoms with E-state index in [-0.39, 0.29) is 18.6 Å². The fourth-order valence-corrected chi connectivity index (χ4v) is 2.97. The van der Waals surface area contributed by atoms with Crippen molar-refractivity contribution in [3.8, 4) is 0 Å². The standard InChI is InChI=1S/C17H20N2O2/c20-13-15-8-4-11-19(15)17(21)16-9-5-10-18(16)12-14-6-2-1-3-7-14/h1-3,5-7,9-10,15,20H,4,8,11-13H2/t15-/m0/s1. The average Bonchev–Trinajstić information content (AvgIpc) is 3.16. The van der Waals surface area contributed by atoms with Crippen LogP contribution in [0.3, 0.4) is 0 Å². The van der Waals surface area contributed by atoms with Crippen molar-refractivity contribution in [3.63, 3.8) is 0 Å². The van der Waals surface area contributed by atoms with Crippen LogP contribution in [0.1, 0.15) is 28.9 Å². The highest BCUT2D eigenvalue weighted by atomic mass is 16.3. The molecule has 2 heterocycles. The van der Waals surface area contributed by atoms with E-state index >= 15 is 0 Å². The summed E-state index contributed by atoms with van der Waals surface area (Å²) in [4.78, 5) is 14.5. The van der Waals surface area contributed by atoms with Gasteiger partial charge in [-0.25, -0.2) is 0 Å². The molecule has 2 aromatic rings. The SMILES string of the molecule is O=C(c1cccn1Cc1ccccc1)N1CCC[C@H]1CO. The quantitative estimate of drug-likeness (QED) is 0.935. The third kappa shape index (κ3) is 2.85. The Kier molecular flexibility index (Phi) is 4.06. The average molecular weight is 284 g/mol. The maximum atomic E-state index is 12.7. The lowest BCUT2D eigenvalue weighted by Crippen LogP contribution is -2.38. The first kappa shape index (κ1) is 13.9. The normalized spacial score (nSPS) is 18.1. The molecule has 1 atom stereocenters. The number of nitrogens with zero attached hydrogens (tertiary/aromatic N) is 2. The van der Waals surface area contributed by atoms with Gasteiger partial charge in [0.25, 0.3) is 5.91 Å². The molecular formula is C17H20N2O2. The molecule has 1 aromatic carbocycles. The lowest BCUT2D eigenvalue weighted by molar-refractivity contribution is 0.0667. The number of carbonyl (C=O) groups excluding carboxylic acids is 1. The van der Waals surface area contributed by atoms with Gasteiger partial charge in [-0.2, -0.15) is 0 Å². The molecule has 3 rings (SSSR count). The zero-order valence-corrected chi connectivity index (χ0v) is 12.0. The van der Waals surface area contributed by atoms with Gasteiger partial charge >= 0.3 is 0 Å². The number of carbonyl (C=O) groups is 1. The Bertz CT molecular complexity index is 606. The summed E-state index contributed by atoms with van der Waals surface area (Å²) in [5.74, 6) is 0.0208. The molecule has 1 N–H and O–H groups in total. The minimum absolute atomic E-state index is 0.0208. The van der Waals surface area contributed by atoms with Crippen molar-refractivity contribution < 1.29 is 9.90 Å². The predicted octanol–water partition coefficient (Wildman–Crippen LogP) is 2.13. The van der Waals surface area contributed by atoms with Gasteiger partial charge in [-0.15, -0.1) is 0 Å². The molecule has 0 aliphatic carbocycles. The van der Waals surface area contributed by atoms with Gasteiger partial charge in [0.1, 0.15) is 5.69 Å². The highest BCUT2D eigenvalue weighted by Crippen LogP contribution is 2.20. The number of amides is 1. The van der Waals surface area contributed by atoms with Crippen LogP contribution in [0.2, 0.25) is 0 Å². The number of rotatable bonds is 4. The lowest BCUT2D eigenvalue weighted by Gasteiger charge is -2.23. The topological polar surface area (TPSA) is 45.5 Å². The maximum absolute atomic E-state index is 12.7. The van der Waals surface area contributed by atoms with Gasteiger partial charge in [0.05, 0.1) is 12.6 Å². The molecule has 0 unspecified atom stereocenters. The van der Waals surface area contributed by atoms with Gasteiger partial charge in [-0.05, 0) is 30.5 Å². The minimum atomic E-state index is -0.0300. The molecule has 1 saturated heterocycles. The largest absolute Gasteiger partial charge is 0.394 e. The van der Waals surface area contributed by atoms with E-state index in [2.05, 4.69) is 12.1 Å². The summed E-state index contributed by atoms with van der Waals surface area (Å²) in [7, 11) is 0. The number of aromatic nitrogens is 1. The number of aliphatic hydroxyl groups is 1. The summed E-state index contributed by atoms with van der Waals surface area (Å²) in [6.45, 7) is 1.47. The molecule has 1 aromatic heterocycles. The van der Waals surface area contributed by atoms with Crippen molar-refractivity contribution >= 4 is 5.91 Å². The Morgan fingerprint density at radius 3 is 2.76 bits per heavy atom. The van der Waals surface area contributed by atoms with Crippen LogP contribution >= 0.6 is 0 Å². The molecule has 1 fully saturated rings. The second-order valence-corrected chi connectivity index (χ2v) is 5.48. The van der Waals surface area contributed by atoms with Gasteiger partial charge in [-0.3, -0.25) is 4.79 Å². The van der Waals surface area contributed by atoms with Gasteiger partial charge < -0.3 is 14.6 Å². The van der Waals surface area contributed by atoms with Crippen molar-refractivity contribution in [3.05, 3.63) is 59.9 Å². The van der Waals surface area contributed by atoms with E-state index < -0.39 is 0 Å². The Balaban J connectivity index is 1.80. The van der Waals surface area contributed by atoms with Gasteiger partial charge in [0.2, 0.25) is 0 Å². The molecule has 0 saturated carbocycles. The third-order valence-electron chi connectivity index (χ3n) is 4.09. The molecule has 4 nitrogen and oxygen atoms in total. The minimum Gasteiger partial charge on any atom is -0.394 e. The summed E-state index contributed by atoms with van der Waals surface area (Å²) in [6, 6.07) is 13.8. The first-order valence-electron chi connectivity index (χ1n) is 7.40. The van der Waals surface area contributed by atoms with Crippen LogP contribution in [-0.4, -0.2) is 39.7 Å². The van der Waals surface area contributed by atoms with Gasteiger partial charge in [0.15, 0.2) is 0 Å². The second kappa shape index (κ2) is 6.14. The summed E-state index contributed by atoms with van der Waals surface area (Å²) in [5, 5.41) is 9.39. The molecule has 0 spiro atoms. The molecule has 1 aliphatic rings. The van der Waals surface area contributed by atoms with Crippen molar-refractivity contribution in [1.29, 1.82) is 0 Å². The van der Waals surface area contributed by atoms with E-state index in [9.17, 15) is 9.90 Å². The van der Waals surface area contributed by atoms with E-state index in [0.29, 0.717) is 12.2 Å². The van der Waals surface area contributed by atoms with Crippen LogP contribution in [0.25, 0.3) is 0 Å². The monoisotopic (exact) mass is 284 g/mol. The Labute approximate surface area is 124 Å². The number of likely N-dealkylation sites (tertiary alicyclic amines) is 1. The van der Waals surface area contributed by atoms with E-state index in [1.54, 1.807) is 4.90 Å². The summed E-state index contributed by atoms with van der Waals surface area (Å²) in [5.41, 5.74) is 1.86. The van der Waals surface area contributed by atoms with Crippen LogP contribution < -0.4 is 0 Å². The predicted molar refractivity (Wildman–Crippen MR) is 81.1 cm³/mol. The van der Waals surface area contributed by atoms with Crippen molar-refractivity contribution in [1.82, 2.24) is 9.47 Å². The Morgan fingerprint density at radius 1 is 1.19 bits per heavy atom. The highest BCUT2D eigenvalue weighted by molar-refractivity contribution is 5.93. The summed E-state index contributed by atoms with van der Waals surface area (Å²) in [6.07, 6.45) is 3.79. The van der Waals surface area contributed by atoms with Crippen LogP contribution in [0.5, 0.6) is 0 Å². The Hall–Kier alpha value is -2.07. The molecule has 1 amide bonds. The summed E-state index contributed by atoms with van der Waals surface area (Å²) < 4.78 is 1.98. The second-order valence-electron chi connectivity index (χ2n) is 5.48. The third-order valence-corrected chi connectivity index (χ3v) is 4.09. The molecular weight excluding hydrogens is 264 g/mol. The maximum Gasteiger partial charge on any atom is 0.270 e. The zero-order valence-electron chi connectivity index (χ0n) is 12.0. The smallest absolute Gasteiger partial charge is 0.270 e. The Morgan fingerprint density at radius 2 is 2.00 bits per heavy atom. The number of hydrogen-bond acceptors (Lipinski definition) is 2. The fraction of sp³-hybridized carbons (Fsp3) is 0.353. The number of aliphatic hydroxyl groups excluding tert-OH is 1. The summed E-state index contributed by atoms with van der Waals surface area (Å²) >= 11 is 0.